The van der Waals surface area contributed by atoms with Crippen LogP contribution in [0.2, 0.25) is 5.02 Å². The molecular formula is C12H15ClNO2S+. The van der Waals surface area contributed by atoms with E-state index in [4.69, 9.17) is 16.4 Å². The molecule has 0 heterocycles. The third kappa shape index (κ3) is 4.79. The van der Waals surface area contributed by atoms with Crippen LogP contribution in [0, 0.1) is 0 Å². The number of rotatable bonds is 4. The molecule has 0 atom stereocenters. The number of carbonyl (C=O) groups excluding carboxylic acids is 1. The summed E-state index contributed by atoms with van der Waals surface area (Å²) in [6.07, 6.45) is 4.19. The highest BCUT2D eigenvalue weighted by molar-refractivity contribution is 7.96. The van der Waals surface area contributed by atoms with Crippen molar-refractivity contribution in [2.75, 3.05) is 18.3 Å². The number of nitrogens with zero attached hydrogens (tertiary/aromatic N) is 1. The molecule has 0 unspecified atom stereocenters. The summed E-state index contributed by atoms with van der Waals surface area (Å²) in [6, 6.07) is 7.40. The van der Waals surface area contributed by atoms with Crippen molar-refractivity contribution in [1.29, 1.82) is 0 Å². The van der Waals surface area contributed by atoms with Gasteiger partial charge in [-0.3, -0.25) is 0 Å². The van der Waals surface area contributed by atoms with Crippen molar-refractivity contribution in [2.24, 2.45) is 5.16 Å². The predicted octanol–water partition coefficient (Wildman–Crippen LogP) is 2.49. The van der Waals surface area contributed by atoms with E-state index in [2.05, 4.69) is 17.7 Å². The lowest BCUT2D eigenvalue weighted by Gasteiger charge is -2.05. The summed E-state index contributed by atoms with van der Waals surface area (Å²) in [5.74, 6) is 0.304. The zero-order valence-electron chi connectivity index (χ0n) is 10.1. The van der Waals surface area contributed by atoms with E-state index in [1.165, 1.54) is 6.92 Å². The van der Waals surface area contributed by atoms with Crippen LogP contribution in [0.3, 0.4) is 0 Å². The highest BCUT2D eigenvalue weighted by Crippen LogP contribution is 2.17. The molecule has 0 bridgehead atoms. The Kier molecular flexibility index (Phi) is 5.51. The smallest absolute Gasteiger partial charge is 0.318 e. The molecule has 0 saturated carbocycles. The molecule has 1 aromatic rings. The summed E-state index contributed by atoms with van der Waals surface area (Å²) >= 11 is 6.10. The Bertz CT molecular complexity index is 432. The summed E-state index contributed by atoms with van der Waals surface area (Å²) in [5, 5.41) is 4.50. The van der Waals surface area contributed by atoms with Crippen LogP contribution in [0.4, 0.5) is 0 Å². The maximum absolute atomic E-state index is 10.8. The normalized spacial score (nSPS) is 11.7. The first-order valence-corrected chi connectivity index (χ1v) is 7.63. The molecule has 0 spiro atoms. The van der Waals surface area contributed by atoms with Crippen molar-refractivity contribution in [2.45, 2.75) is 6.92 Å². The van der Waals surface area contributed by atoms with Gasteiger partial charge in [0.2, 0.25) is 0 Å². The molecule has 0 aromatic heterocycles. The van der Waals surface area contributed by atoms with Crippen LogP contribution in [0.15, 0.2) is 29.4 Å². The van der Waals surface area contributed by atoms with Gasteiger partial charge in [-0.25, -0.2) is 4.79 Å². The molecule has 0 radical (unpaired) electrons. The quantitative estimate of drug-likeness (QED) is 0.366. The van der Waals surface area contributed by atoms with Crippen molar-refractivity contribution in [3.8, 4) is 0 Å². The molecule has 0 aliphatic carbocycles. The first-order valence-electron chi connectivity index (χ1n) is 5.04. The SMILES string of the molecule is CC(=O)ON=C(C[S+](C)C)c1ccccc1Cl. The highest BCUT2D eigenvalue weighted by Gasteiger charge is 2.16. The largest absolute Gasteiger partial charge is 0.331 e. The number of oxime groups is 1. The van der Waals surface area contributed by atoms with Crippen molar-refractivity contribution < 1.29 is 9.63 Å². The van der Waals surface area contributed by atoms with Gasteiger partial charge in [-0.15, -0.1) is 0 Å². The van der Waals surface area contributed by atoms with Crippen LogP contribution in [0.1, 0.15) is 12.5 Å². The second-order valence-corrected chi connectivity index (χ2v) is 6.40. The minimum Gasteiger partial charge on any atom is -0.318 e. The molecular weight excluding hydrogens is 258 g/mol. The van der Waals surface area contributed by atoms with E-state index >= 15 is 0 Å². The van der Waals surface area contributed by atoms with Gasteiger partial charge in [0.05, 0.1) is 12.5 Å². The minimum absolute atomic E-state index is 0.150. The Morgan fingerprint density at radius 3 is 2.59 bits per heavy atom. The molecule has 0 fully saturated rings. The topological polar surface area (TPSA) is 38.7 Å². The molecule has 0 N–H and O–H groups in total. The lowest BCUT2D eigenvalue weighted by Crippen LogP contribution is -2.16. The van der Waals surface area contributed by atoms with Gasteiger partial charge in [0.25, 0.3) is 0 Å². The molecule has 17 heavy (non-hydrogen) atoms. The average molecular weight is 273 g/mol. The number of hydrogen-bond donors (Lipinski definition) is 0. The molecule has 1 aromatic carbocycles. The van der Waals surface area contributed by atoms with Crippen molar-refractivity contribution in [1.82, 2.24) is 0 Å². The zero-order valence-corrected chi connectivity index (χ0v) is 11.6. The zero-order chi connectivity index (χ0) is 12.8. The van der Waals surface area contributed by atoms with E-state index in [9.17, 15) is 4.79 Å². The highest BCUT2D eigenvalue weighted by atomic mass is 35.5. The predicted molar refractivity (Wildman–Crippen MR) is 73.8 cm³/mol. The Morgan fingerprint density at radius 1 is 1.41 bits per heavy atom. The van der Waals surface area contributed by atoms with Crippen LogP contribution in [0.5, 0.6) is 0 Å². The van der Waals surface area contributed by atoms with E-state index in [0.717, 1.165) is 11.3 Å². The molecule has 0 amide bonds. The van der Waals surface area contributed by atoms with E-state index < -0.39 is 5.97 Å². The van der Waals surface area contributed by atoms with E-state index in [1.54, 1.807) is 6.07 Å². The fraction of sp³-hybridized carbons (Fsp3) is 0.333. The molecule has 5 heteroatoms. The van der Waals surface area contributed by atoms with Gasteiger partial charge in [0.1, 0.15) is 5.71 Å². The number of benzene rings is 1. The van der Waals surface area contributed by atoms with Gasteiger partial charge in [-0.2, -0.15) is 0 Å². The Hall–Kier alpha value is -1.00. The van der Waals surface area contributed by atoms with Gasteiger partial charge in [0, 0.05) is 17.5 Å². The Morgan fingerprint density at radius 2 is 2.06 bits per heavy atom. The maximum Gasteiger partial charge on any atom is 0.331 e. The molecule has 92 valence electrons. The molecule has 0 saturated heterocycles. The summed E-state index contributed by atoms with van der Waals surface area (Å²) in [6.45, 7) is 1.32. The van der Waals surface area contributed by atoms with Gasteiger partial charge in [-0.1, -0.05) is 35.0 Å². The number of hydrogen-bond acceptors (Lipinski definition) is 3. The van der Waals surface area contributed by atoms with Crippen molar-refractivity contribution in [3.05, 3.63) is 34.9 Å². The number of carbonyl (C=O) groups is 1. The Balaban J connectivity index is 3.02. The fourth-order valence-electron chi connectivity index (χ4n) is 1.24. The monoisotopic (exact) mass is 272 g/mol. The van der Waals surface area contributed by atoms with Crippen LogP contribution in [-0.2, 0) is 20.5 Å². The van der Waals surface area contributed by atoms with Crippen LogP contribution >= 0.6 is 11.6 Å². The van der Waals surface area contributed by atoms with Crippen LogP contribution in [0.25, 0.3) is 0 Å². The maximum atomic E-state index is 10.8. The van der Waals surface area contributed by atoms with Gasteiger partial charge < -0.3 is 4.84 Å². The standard InChI is InChI=1S/C12H15ClNO2S/c1-9(15)16-14-12(8-17(2)3)10-6-4-5-7-11(10)13/h4-7H,8H2,1-3H3/q+1. The van der Waals surface area contributed by atoms with E-state index in [1.807, 2.05) is 18.2 Å². The molecule has 0 aliphatic heterocycles. The summed E-state index contributed by atoms with van der Waals surface area (Å²) in [5.41, 5.74) is 1.52. The third-order valence-corrected chi connectivity index (χ3v) is 3.07. The second-order valence-electron chi connectivity index (χ2n) is 3.73. The lowest BCUT2D eigenvalue weighted by molar-refractivity contribution is -0.140. The third-order valence-electron chi connectivity index (χ3n) is 1.89. The van der Waals surface area contributed by atoms with Crippen LogP contribution in [-0.4, -0.2) is 29.9 Å². The minimum atomic E-state index is -0.429. The average Bonchev–Trinajstić information content (AvgIpc) is 2.24. The summed E-state index contributed by atoms with van der Waals surface area (Å²) < 4.78 is 0. The van der Waals surface area contributed by atoms with Crippen LogP contribution < -0.4 is 0 Å². The van der Waals surface area contributed by atoms with E-state index in [-0.39, 0.29) is 10.9 Å². The van der Waals surface area contributed by atoms with E-state index in [0.29, 0.717) is 10.7 Å². The lowest BCUT2D eigenvalue weighted by atomic mass is 10.1. The first-order chi connectivity index (χ1) is 8.00. The Labute approximate surface area is 109 Å². The molecule has 1 rings (SSSR count). The molecule has 0 aliphatic rings. The number of halogens is 1. The van der Waals surface area contributed by atoms with Gasteiger partial charge in [0.15, 0.2) is 5.75 Å². The van der Waals surface area contributed by atoms with Gasteiger partial charge >= 0.3 is 5.97 Å². The summed E-state index contributed by atoms with van der Waals surface area (Å²) in [7, 11) is 0.150. The second kappa shape index (κ2) is 6.67. The molecule has 3 nitrogen and oxygen atoms in total. The first kappa shape index (κ1) is 14.1. The van der Waals surface area contributed by atoms with Crippen molar-refractivity contribution >= 4 is 34.2 Å². The summed E-state index contributed by atoms with van der Waals surface area (Å²) in [4.78, 5) is 15.5. The van der Waals surface area contributed by atoms with Crippen molar-refractivity contribution in [3.63, 3.8) is 0 Å². The van der Waals surface area contributed by atoms with Gasteiger partial charge in [-0.05, 0) is 17.0 Å². The fourth-order valence-corrected chi connectivity index (χ4v) is 2.24.